The van der Waals surface area contributed by atoms with Crippen LogP contribution in [-0.2, 0) is 9.59 Å². The van der Waals surface area contributed by atoms with E-state index in [0.717, 1.165) is 5.56 Å². The molecule has 2 amide bonds. The summed E-state index contributed by atoms with van der Waals surface area (Å²) < 4.78 is 0. The molecule has 1 aliphatic carbocycles. The Kier molecular flexibility index (Phi) is 4.19. The van der Waals surface area contributed by atoms with E-state index in [0.29, 0.717) is 23.6 Å². The summed E-state index contributed by atoms with van der Waals surface area (Å²) in [6, 6.07) is 5.31. The molecule has 2 fully saturated rings. The van der Waals surface area contributed by atoms with Crippen molar-refractivity contribution in [2.24, 2.45) is 11.8 Å². The molecule has 1 aliphatic heterocycles. The molecule has 0 spiro atoms. The Morgan fingerprint density at radius 2 is 1.62 bits per heavy atom. The number of hydrogen-bond acceptors (Lipinski definition) is 2. The van der Waals surface area contributed by atoms with E-state index in [9.17, 15) is 9.59 Å². The summed E-state index contributed by atoms with van der Waals surface area (Å²) in [5.74, 6) is -0.658. The second-order valence-corrected chi connectivity index (χ2v) is 8.42. The minimum atomic E-state index is -0.226. The molecule has 21 heavy (non-hydrogen) atoms. The van der Waals surface area contributed by atoms with Gasteiger partial charge in [0.15, 0.2) is 0 Å². The van der Waals surface area contributed by atoms with E-state index < -0.39 is 0 Å². The van der Waals surface area contributed by atoms with Crippen LogP contribution in [0.3, 0.4) is 0 Å². The lowest BCUT2D eigenvalue weighted by atomic mass is 9.81. The van der Waals surface area contributed by atoms with E-state index in [1.807, 2.05) is 13.0 Å². The number of aryl methyl sites for hydroxylation is 1. The second-order valence-electron chi connectivity index (χ2n) is 5.66. The molecule has 0 unspecified atom stereocenters. The number of amides is 2. The smallest absolute Gasteiger partial charge is 0.237 e. The van der Waals surface area contributed by atoms with Crippen LogP contribution in [0.4, 0.5) is 5.69 Å². The van der Waals surface area contributed by atoms with Gasteiger partial charge in [0.25, 0.3) is 0 Å². The molecule has 6 heteroatoms. The maximum Gasteiger partial charge on any atom is 0.237 e. The third-order valence-corrected chi connectivity index (χ3v) is 7.47. The van der Waals surface area contributed by atoms with Crippen LogP contribution in [0.5, 0.6) is 0 Å². The normalized spacial score (nSPS) is 32.5. The zero-order valence-corrected chi connectivity index (χ0v) is 15.3. The molecule has 0 N–H and O–H groups in total. The Labute approximate surface area is 145 Å². The molecule has 112 valence electrons. The fourth-order valence-electron chi connectivity index (χ4n) is 3.07. The lowest BCUT2D eigenvalue weighted by Crippen LogP contribution is -2.34. The number of carbonyl (C=O) groups excluding carboxylic acids is 2. The van der Waals surface area contributed by atoms with Crippen molar-refractivity contribution in [3.05, 3.63) is 28.8 Å². The molecule has 1 heterocycles. The Hall–Kier alpha value is -0.390. The summed E-state index contributed by atoms with van der Waals surface area (Å²) in [7, 11) is 0. The zero-order valence-electron chi connectivity index (χ0n) is 11.4. The van der Waals surface area contributed by atoms with Gasteiger partial charge in [-0.1, -0.05) is 49.5 Å². The lowest BCUT2D eigenvalue weighted by molar-refractivity contribution is -0.122. The summed E-state index contributed by atoms with van der Waals surface area (Å²) in [5, 5.41) is 0.569. The number of benzene rings is 1. The number of hydrogen-bond donors (Lipinski definition) is 0. The Morgan fingerprint density at radius 3 is 2.10 bits per heavy atom. The van der Waals surface area contributed by atoms with Gasteiger partial charge in [0.1, 0.15) is 0 Å². The molecule has 1 aromatic carbocycles. The van der Waals surface area contributed by atoms with Gasteiger partial charge in [-0.25, -0.2) is 0 Å². The Balaban J connectivity index is 1.95. The van der Waals surface area contributed by atoms with Gasteiger partial charge in [0, 0.05) is 14.7 Å². The molecule has 1 saturated carbocycles. The van der Waals surface area contributed by atoms with Crippen LogP contribution in [-0.4, -0.2) is 21.5 Å². The van der Waals surface area contributed by atoms with Gasteiger partial charge in [-0.15, -0.1) is 0 Å². The number of rotatable bonds is 1. The molecule has 1 saturated heterocycles. The summed E-state index contributed by atoms with van der Waals surface area (Å²) in [6.07, 6.45) is 1.36. The molecular weight excluding hydrogens is 421 g/mol. The van der Waals surface area contributed by atoms with Crippen LogP contribution in [0.25, 0.3) is 0 Å². The van der Waals surface area contributed by atoms with E-state index in [1.54, 1.807) is 12.1 Å². The number of imide groups is 1. The third-order valence-electron chi connectivity index (χ3n) is 4.33. The summed E-state index contributed by atoms with van der Waals surface area (Å²) in [6.45, 7) is 1.89. The van der Waals surface area contributed by atoms with Crippen molar-refractivity contribution in [1.82, 2.24) is 0 Å². The summed E-state index contributed by atoms with van der Waals surface area (Å²) >= 11 is 13.3. The van der Waals surface area contributed by atoms with Crippen molar-refractivity contribution in [2.75, 3.05) is 4.90 Å². The maximum absolute atomic E-state index is 12.6. The van der Waals surface area contributed by atoms with E-state index in [1.165, 1.54) is 4.90 Å². The monoisotopic (exact) mass is 433 g/mol. The molecule has 2 aliphatic rings. The van der Waals surface area contributed by atoms with Crippen molar-refractivity contribution in [1.29, 1.82) is 0 Å². The summed E-state index contributed by atoms with van der Waals surface area (Å²) in [5.41, 5.74) is 1.50. The van der Waals surface area contributed by atoms with Gasteiger partial charge in [0.05, 0.1) is 17.5 Å². The third kappa shape index (κ3) is 2.57. The predicted octanol–water partition coefficient (Wildman–Crippen LogP) is 4.07. The van der Waals surface area contributed by atoms with Crippen LogP contribution in [0.2, 0.25) is 5.02 Å². The van der Waals surface area contributed by atoms with E-state index >= 15 is 0 Å². The maximum atomic E-state index is 12.6. The number of fused-ring (bicyclic) bond motifs is 1. The highest BCUT2D eigenvalue weighted by Gasteiger charge is 2.52. The highest BCUT2D eigenvalue weighted by Crippen LogP contribution is 2.44. The van der Waals surface area contributed by atoms with Crippen molar-refractivity contribution in [2.45, 2.75) is 29.4 Å². The van der Waals surface area contributed by atoms with Crippen LogP contribution in [0.15, 0.2) is 18.2 Å². The predicted molar refractivity (Wildman–Crippen MR) is 90.3 cm³/mol. The fraction of sp³-hybridized carbons (Fsp3) is 0.467. The van der Waals surface area contributed by atoms with Gasteiger partial charge < -0.3 is 0 Å². The van der Waals surface area contributed by atoms with Crippen LogP contribution in [0, 0.1) is 18.8 Å². The van der Waals surface area contributed by atoms with Crippen molar-refractivity contribution >= 4 is 61.0 Å². The van der Waals surface area contributed by atoms with E-state index in [-0.39, 0.29) is 33.3 Å². The average molecular weight is 436 g/mol. The Morgan fingerprint density at radius 1 is 1.10 bits per heavy atom. The minimum absolute atomic E-state index is 0.103. The fourth-order valence-corrected chi connectivity index (χ4v) is 4.48. The molecule has 0 radical (unpaired) electrons. The Bertz CT molecular complexity index is 594. The lowest BCUT2D eigenvalue weighted by Gasteiger charge is -2.29. The second kappa shape index (κ2) is 5.67. The quantitative estimate of drug-likeness (QED) is 0.493. The van der Waals surface area contributed by atoms with Gasteiger partial charge >= 0.3 is 0 Å². The van der Waals surface area contributed by atoms with Crippen LogP contribution >= 0.6 is 43.5 Å². The van der Waals surface area contributed by atoms with Gasteiger partial charge in [0.2, 0.25) is 11.8 Å². The minimum Gasteiger partial charge on any atom is -0.274 e. The average Bonchev–Trinajstić information content (AvgIpc) is 2.66. The molecule has 1 aromatic rings. The molecule has 4 atom stereocenters. The first-order valence-corrected chi connectivity index (χ1v) is 9.03. The highest BCUT2D eigenvalue weighted by molar-refractivity contribution is 9.12. The van der Waals surface area contributed by atoms with Crippen molar-refractivity contribution in [3.63, 3.8) is 0 Å². The number of anilines is 1. The van der Waals surface area contributed by atoms with Crippen molar-refractivity contribution < 1.29 is 9.59 Å². The molecule has 0 aromatic heterocycles. The molecular formula is C15H14Br2ClNO2. The van der Waals surface area contributed by atoms with Crippen LogP contribution in [0.1, 0.15) is 18.4 Å². The number of alkyl halides is 2. The zero-order chi connectivity index (χ0) is 15.3. The summed E-state index contributed by atoms with van der Waals surface area (Å²) in [4.78, 5) is 27.0. The first-order chi connectivity index (χ1) is 9.90. The first kappa shape index (κ1) is 15.5. The topological polar surface area (TPSA) is 37.4 Å². The molecule has 3 nitrogen and oxygen atoms in total. The van der Waals surface area contributed by atoms with Gasteiger partial charge in [-0.2, -0.15) is 0 Å². The van der Waals surface area contributed by atoms with Crippen molar-refractivity contribution in [3.8, 4) is 0 Å². The SMILES string of the molecule is Cc1ccc(N2C(=O)[C@H]3C[C@H](Br)[C@@H](Br)C[C@H]3C2=O)cc1Cl. The molecule has 3 rings (SSSR count). The first-order valence-electron chi connectivity index (χ1n) is 6.82. The standard InChI is InChI=1S/C15H14Br2ClNO2/c1-7-2-3-8(4-13(7)18)19-14(20)9-5-11(16)12(17)6-10(9)15(19)21/h2-4,9-12H,5-6H2,1H3/t9-,10+,11-,12-/m0/s1. The molecule has 0 bridgehead atoms. The van der Waals surface area contributed by atoms with E-state index in [2.05, 4.69) is 31.9 Å². The van der Waals surface area contributed by atoms with Gasteiger partial charge in [-0.05, 0) is 37.5 Å². The number of nitrogens with zero attached hydrogens (tertiary/aromatic N) is 1. The van der Waals surface area contributed by atoms with Gasteiger partial charge in [-0.3, -0.25) is 14.5 Å². The highest BCUT2D eigenvalue weighted by atomic mass is 79.9. The number of halogens is 3. The number of carbonyl (C=O) groups is 2. The van der Waals surface area contributed by atoms with Crippen LogP contribution < -0.4 is 4.90 Å². The van der Waals surface area contributed by atoms with E-state index in [4.69, 9.17) is 11.6 Å². The largest absolute Gasteiger partial charge is 0.274 e.